The summed E-state index contributed by atoms with van der Waals surface area (Å²) in [5.41, 5.74) is 4.36. The molecule has 3 fully saturated rings. The van der Waals surface area contributed by atoms with E-state index in [-0.39, 0.29) is 72.0 Å². The highest BCUT2D eigenvalue weighted by molar-refractivity contribution is 6.26. The molecule has 2 unspecified atom stereocenters. The average Bonchev–Trinajstić information content (AvgIpc) is 4.16. The first kappa shape index (κ1) is 43.4. The fourth-order valence-corrected chi connectivity index (χ4v) is 9.78. The highest BCUT2D eigenvalue weighted by atomic mass is 16.5. The molecule has 19 nitrogen and oxygen atoms in total. The standard InChI is InChI=1S/C48H45N9O10/c58-38-14-13-37(44(60)52-38)57-45(61)34-4-2-5-35(41(34)48(57)64)49-17-18-65-19-20-66-21-22-67-26-31-25-55(54-53-31)24-30-15-16-50-42-33(30)3-1-6-36(42)51-43(59)27-9-11-32(12-10-27)56-46(62)39-28-7-8-29(23-28)40(39)47(56)63/h1-12,15-16,25,28-29,37,39-40,49H,13-14,17-24,26H2,(H,51,59)(H,52,58,60)/t28-,29?,37?,39-,40+/m0/s1. The van der Waals surface area contributed by atoms with Crippen LogP contribution in [0.15, 0.2) is 91.3 Å². The van der Waals surface area contributed by atoms with Crippen LogP contribution in [0.2, 0.25) is 0 Å². The molecular formula is C48H45N9O10. The molecule has 7 amide bonds. The second-order valence-corrected chi connectivity index (χ2v) is 17.0. The van der Waals surface area contributed by atoms with Gasteiger partial charge in [0, 0.05) is 35.8 Å². The summed E-state index contributed by atoms with van der Waals surface area (Å²) in [6.45, 7) is 2.58. The van der Waals surface area contributed by atoms with Crippen molar-refractivity contribution in [1.29, 1.82) is 0 Å². The third-order valence-corrected chi connectivity index (χ3v) is 12.9. The third-order valence-electron chi connectivity index (χ3n) is 12.9. The lowest BCUT2D eigenvalue weighted by atomic mass is 9.85. The number of hydrogen-bond donors (Lipinski definition) is 3. The van der Waals surface area contributed by atoms with E-state index in [1.807, 2.05) is 18.2 Å². The van der Waals surface area contributed by atoms with Gasteiger partial charge >= 0.3 is 0 Å². The van der Waals surface area contributed by atoms with E-state index in [2.05, 4.69) is 43.4 Å². The molecule has 342 valence electrons. The number of pyridine rings is 1. The van der Waals surface area contributed by atoms with Crippen LogP contribution < -0.4 is 20.9 Å². The molecular weight excluding hydrogens is 863 g/mol. The molecule has 5 atom stereocenters. The highest BCUT2D eigenvalue weighted by Gasteiger charge is 2.59. The molecule has 3 aromatic carbocycles. The molecule has 67 heavy (non-hydrogen) atoms. The summed E-state index contributed by atoms with van der Waals surface area (Å²) in [6.07, 6.45) is 8.60. The maximum absolute atomic E-state index is 13.4. The van der Waals surface area contributed by atoms with Crippen molar-refractivity contribution < 1.29 is 47.8 Å². The Balaban J connectivity index is 0.637. The Kier molecular flexibility index (Phi) is 11.9. The van der Waals surface area contributed by atoms with Crippen LogP contribution in [0.3, 0.4) is 0 Å². The van der Waals surface area contributed by atoms with Crippen molar-refractivity contribution in [2.45, 2.75) is 38.5 Å². The van der Waals surface area contributed by atoms with Crippen molar-refractivity contribution in [1.82, 2.24) is 30.2 Å². The summed E-state index contributed by atoms with van der Waals surface area (Å²) in [5.74, 6) is -3.26. The number of piperidine rings is 1. The monoisotopic (exact) mass is 907 g/mol. The van der Waals surface area contributed by atoms with Crippen LogP contribution >= 0.6 is 0 Å². The van der Waals surface area contributed by atoms with Gasteiger partial charge in [-0.3, -0.25) is 53.7 Å². The minimum absolute atomic E-state index is 0.0485. The first-order chi connectivity index (χ1) is 32.6. The average molecular weight is 908 g/mol. The zero-order chi connectivity index (χ0) is 46.2. The topological polar surface area (TPSA) is 233 Å². The normalized spacial score (nSPS) is 21.7. The van der Waals surface area contributed by atoms with Gasteiger partial charge in [-0.2, -0.15) is 0 Å². The van der Waals surface area contributed by atoms with Crippen molar-refractivity contribution in [2.75, 3.05) is 55.1 Å². The van der Waals surface area contributed by atoms with E-state index in [0.29, 0.717) is 80.0 Å². The minimum atomic E-state index is -1.03. The smallest absolute Gasteiger partial charge is 0.264 e. The molecule has 0 radical (unpaired) electrons. The van der Waals surface area contributed by atoms with Crippen molar-refractivity contribution >= 4 is 69.3 Å². The number of amides is 7. The van der Waals surface area contributed by atoms with Crippen molar-refractivity contribution in [3.8, 4) is 0 Å². The van der Waals surface area contributed by atoms with Crippen molar-refractivity contribution in [3.05, 3.63) is 119 Å². The highest BCUT2D eigenvalue weighted by Crippen LogP contribution is 2.53. The summed E-state index contributed by atoms with van der Waals surface area (Å²) in [7, 11) is 0. The molecule has 19 heteroatoms. The number of nitrogens with one attached hydrogen (secondary N) is 3. The fraction of sp³-hybridized carbons (Fsp3) is 0.333. The summed E-state index contributed by atoms with van der Waals surface area (Å²) in [6, 6.07) is 17.8. The Morgan fingerprint density at radius 2 is 1.51 bits per heavy atom. The number of allylic oxidation sites excluding steroid dienone is 2. The summed E-state index contributed by atoms with van der Waals surface area (Å²) in [4.78, 5) is 97.0. The van der Waals surface area contributed by atoms with Gasteiger partial charge in [-0.1, -0.05) is 35.6 Å². The van der Waals surface area contributed by atoms with E-state index in [4.69, 9.17) is 14.2 Å². The van der Waals surface area contributed by atoms with Gasteiger partial charge in [0.15, 0.2) is 0 Å². The Hall–Kier alpha value is -7.48. The van der Waals surface area contributed by atoms with Crippen LogP contribution in [0.4, 0.5) is 17.1 Å². The SMILES string of the molecule is O=C1CCC(N2C(=O)c3cccc(NCCOCCOCCOCc4cn(Cc5ccnc6c(NC(=O)c7ccc(N8C(=O)[C@@H]9[C@H](C8=O)C8C=C[C@H]9C8)cc7)cccc56)nn4)c3C2=O)C(=O)N1. The van der Waals surface area contributed by atoms with Crippen LogP contribution in [0.5, 0.6) is 0 Å². The van der Waals surface area contributed by atoms with E-state index in [1.165, 1.54) is 4.90 Å². The van der Waals surface area contributed by atoms with Crippen molar-refractivity contribution in [3.63, 3.8) is 0 Å². The Labute approximate surface area is 382 Å². The van der Waals surface area contributed by atoms with Gasteiger partial charge in [0.1, 0.15) is 11.7 Å². The number of fused-ring (bicyclic) bond motifs is 7. The largest absolute Gasteiger partial charge is 0.382 e. The molecule has 1 saturated carbocycles. The molecule has 5 aliphatic rings. The van der Waals surface area contributed by atoms with Gasteiger partial charge in [0.05, 0.1) is 92.2 Å². The molecule has 2 aliphatic carbocycles. The number of imide groups is 3. The van der Waals surface area contributed by atoms with Gasteiger partial charge < -0.3 is 24.8 Å². The number of carbonyl (C=O) groups is 7. The van der Waals surface area contributed by atoms with E-state index < -0.39 is 29.7 Å². The van der Waals surface area contributed by atoms with Gasteiger partial charge in [0.25, 0.3) is 17.7 Å². The molecule has 2 saturated heterocycles. The van der Waals surface area contributed by atoms with E-state index >= 15 is 0 Å². The van der Waals surface area contributed by atoms with Crippen LogP contribution in [-0.4, -0.2) is 112 Å². The Bertz CT molecular complexity index is 2830. The number of carbonyl (C=O) groups excluding carboxylic acids is 7. The number of nitrogens with zero attached hydrogens (tertiary/aromatic N) is 6. The second-order valence-electron chi connectivity index (χ2n) is 17.0. The number of hydrogen-bond acceptors (Lipinski definition) is 14. The van der Waals surface area contributed by atoms with Crippen LogP contribution in [0.25, 0.3) is 10.9 Å². The molecule has 2 aromatic heterocycles. The number of ether oxygens (including phenoxy) is 3. The lowest BCUT2D eigenvalue weighted by Crippen LogP contribution is -2.54. The molecule has 3 aliphatic heterocycles. The second kappa shape index (κ2) is 18.4. The van der Waals surface area contributed by atoms with Crippen LogP contribution in [0, 0.1) is 23.7 Å². The zero-order valence-corrected chi connectivity index (χ0v) is 36.1. The van der Waals surface area contributed by atoms with Gasteiger partial charge in [-0.05, 0) is 78.8 Å². The number of anilines is 3. The van der Waals surface area contributed by atoms with Gasteiger partial charge in [-0.15, -0.1) is 5.10 Å². The molecule has 3 N–H and O–H groups in total. The lowest BCUT2D eigenvalue weighted by Gasteiger charge is -2.27. The molecule has 2 bridgehead atoms. The lowest BCUT2D eigenvalue weighted by molar-refractivity contribution is -0.136. The maximum Gasteiger partial charge on any atom is 0.264 e. The van der Waals surface area contributed by atoms with Crippen molar-refractivity contribution in [2.24, 2.45) is 23.7 Å². The minimum Gasteiger partial charge on any atom is -0.382 e. The summed E-state index contributed by atoms with van der Waals surface area (Å²) < 4.78 is 18.7. The Morgan fingerprint density at radius 1 is 0.791 bits per heavy atom. The predicted molar refractivity (Wildman–Crippen MR) is 238 cm³/mol. The van der Waals surface area contributed by atoms with E-state index in [0.717, 1.165) is 22.3 Å². The Morgan fingerprint density at radius 3 is 2.27 bits per heavy atom. The molecule has 10 rings (SSSR count). The van der Waals surface area contributed by atoms with E-state index in [9.17, 15) is 33.6 Å². The zero-order valence-electron chi connectivity index (χ0n) is 36.1. The molecule has 5 heterocycles. The third kappa shape index (κ3) is 8.36. The number of para-hydroxylation sites is 1. The number of benzene rings is 3. The molecule has 5 aromatic rings. The number of aromatic nitrogens is 4. The van der Waals surface area contributed by atoms with Gasteiger partial charge in [0.2, 0.25) is 23.6 Å². The first-order valence-corrected chi connectivity index (χ1v) is 22.2. The fourth-order valence-electron chi connectivity index (χ4n) is 9.78. The number of rotatable bonds is 18. The van der Waals surface area contributed by atoms with Gasteiger partial charge in [-0.25, -0.2) is 4.68 Å². The summed E-state index contributed by atoms with van der Waals surface area (Å²) in [5, 5.41) is 17.7. The molecule has 0 spiro atoms. The first-order valence-electron chi connectivity index (χ1n) is 22.2. The summed E-state index contributed by atoms with van der Waals surface area (Å²) >= 11 is 0. The maximum atomic E-state index is 13.4. The predicted octanol–water partition coefficient (Wildman–Crippen LogP) is 3.50. The van der Waals surface area contributed by atoms with Crippen LogP contribution in [0.1, 0.15) is 61.6 Å². The quantitative estimate of drug-likeness (QED) is 0.0649. The van der Waals surface area contributed by atoms with E-state index in [1.54, 1.807) is 65.6 Å². The van der Waals surface area contributed by atoms with Crippen LogP contribution in [-0.2, 0) is 46.5 Å².